The largest absolute Gasteiger partial charge is 0.455 e. The highest BCUT2D eigenvalue weighted by atomic mass is 19.1. The molecule has 1 aliphatic rings. The summed E-state index contributed by atoms with van der Waals surface area (Å²) < 4.78 is 19.2. The van der Waals surface area contributed by atoms with E-state index in [2.05, 4.69) is 12.1 Å². The maximum Gasteiger partial charge on any atom is 0.170 e. The van der Waals surface area contributed by atoms with E-state index in [1.54, 1.807) is 18.2 Å². The Bertz CT molecular complexity index is 781. The first-order valence-corrected chi connectivity index (χ1v) is 7.15. The van der Waals surface area contributed by atoms with Gasteiger partial charge < -0.3 is 9.52 Å². The maximum absolute atomic E-state index is 13.7. The first-order chi connectivity index (χ1) is 10.2. The smallest absolute Gasteiger partial charge is 0.170 e. The molecule has 0 spiro atoms. The van der Waals surface area contributed by atoms with Crippen molar-refractivity contribution in [3.05, 3.63) is 71.2 Å². The molecular formula is C18H15FO2. The maximum atomic E-state index is 13.7. The molecule has 1 N–H and O–H groups in total. The average molecular weight is 282 g/mol. The molecule has 0 saturated carbocycles. The zero-order chi connectivity index (χ0) is 14.4. The number of aliphatic hydroxyl groups excluding tert-OH is 1. The SMILES string of the molecule is OC(c1cc2cccc(F)c2o1)C1Cc2ccccc2C1. The summed E-state index contributed by atoms with van der Waals surface area (Å²) in [5.74, 6) is 0.152. The molecule has 3 heteroatoms. The van der Waals surface area contributed by atoms with E-state index < -0.39 is 6.10 Å². The minimum absolute atomic E-state index is 0.0889. The molecule has 106 valence electrons. The Kier molecular flexibility index (Phi) is 2.82. The van der Waals surface area contributed by atoms with E-state index >= 15 is 0 Å². The Morgan fingerprint density at radius 1 is 1.05 bits per heavy atom. The van der Waals surface area contributed by atoms with Crippen molar-refractivity contribution in [2.75, 3.05) is 0 Å². The quantitative estimate of drug-likeness (QED) is 0.770. The minimum Gasteiger partial charge on any atom is -0.455 e. The van der Waals surface area contributed by atoms with Crippen molar-refractivity contribution in [1.29, 1.82) is 0 Å². The van der Waals surface area contributed by atoms with E-state index in [0.717, 1.165) is 12.8 Å². The Hall–Kier alpha value is -2.13. The summed E-state index contributed by atoms with van der Waals surface area (Å²) in [5.41, 5.74) is 2.79. The molecule has 0 fully saturated rings. The molecule has 0 radical (unpaired) electrons. The molecule has 1 unspecified atom stereocenters. The third kappa shape index (κ3) is 2.05. The molecule has 0 amide bonds. The van der Waals surface area contributed by atoms with Crippen LogP contribution < -0.4 is 0 Å². The van der Waals surface area contributed by atoms with Gasteiger partial charge in [-0.15, -0.1) is 0 Å². The highest BCUT2D eigenvalue weighted by molar-refractivity contribution is 5.78. The van der Waals surface area contributed by atoms with Crippen LogP contribution in [0, 0.1) is 11.7 Å². The summed E-state index contributed by atoms with van der Waals surface area (Å²) in [6.07, 6.45) is 0.956. The van der Waals surface area contributed by atoms with Gasteiger partial charge in [0, 0.05) is 11.3 Å². The van der Waals surface area contributed by atoms with Crippen LogP contribution in [0.2, 0.25) is 0 Å². The summed E-state index contributed by atoms with van der Waals surface area (Å²) in [6, 6.07) is 14.8. The summed E-state index contributed by atoms with van der Waals surface area (Å²) in [4.78, 5) is 0. The number of furan rings is 1. The molecule has 1 atom stereocenters. The average Bonchev–Trinajstić information content (AvgIpc) is 3.11. The van der Waals surface area contributed by atoms with E-state index in [1.165, 1.54) is 17.2 Å². The summed E-state index contributed by atoms with van der Waals surface area (Å²) in [7, 11) is 0. The van der Waals surface area contributed by atoms with Crippen LogP contribution in [0.25, 0.3) is 11.0 Å². The Balaban J connectivity index is 1.66. The van der Waals surface area contributed by atoms with Crippen LogP contribution in [0.3, 0.4) is 0 Å². The molecule has 1 aliphatic carbocycles. The number of aliphatic hydroxyl groups is 1. The summed E-state index contributed by atoms with van der Waals surface area (Å²) in [5, 5.41) is 11.3. The summed E-state index contributed by atoms with van der Waals surface area (Å²) >= 11 is 0. The molecule has 2 nitrogen and oxygen atoms in total. The van der Waals surface area contributed by atoms with Gasteiger partial charge in [-0.1, -0.05) is 36.4 Å². The molecule has 4 rings (SSSR count). The van der Waals surface area contributed by atoms with Gasteiger partial charge in [0.2, 0.25) is 0 Å². The van der Waals surface area contributed by atoms with Gasteiger partial charge in [-0.05, 0) is 36.1 Å². The fraction of sp³-hybridized carbons (Fsp3) is 0.222. The minimum atomic E-state index is -0.704. The Morgan fingerprint density at radius 2 is 1.76 bits per heavy atom. The lowest BCUT2D eigenvalue weighted by Gasteiger charge is -2.14. The van der Waals surface area contributed by atoms with Crippen LogP contribution in [0.5, 0.6) is 0 Å². The monoisotopic (exact) mass is 282 g/mol. The van der Waals surface area contributed by atoms with Crippen molar-refractivity contribution in [3.63, 3.8) is 0 Å². The topological polar surface area (TPSA) is 33.4 Å². The van der Waals surface area contributed by atoms with Crippen molar-refractivity contribution in [2.24, 2.45) is 5.92 Å². The fourth-order valence-corrected chi connectivity index (χ4v) is 3.24. The van der Waals surface area contributed by atoms with Crippen LogP contribution in [0.1, 0.15) is 23.0 Å². The van der Waals surface area contributed by atoms with Crippen LogP contribution in [-0.4, -0.2) is 5.11 Å². The Labute approximate surface area is 121 Å². The number of halogens is 1. The second-order valence-corrected chi connectivity index (χ2v) is 5.69. The molecule has 1 heterocycles. The van der Waals surface area contributed by atoms with E-state index in [0.29, 0.717) is 11.1 Å². The first kappa shape index (κ1) is 12.6. The molecule has 21 heavy (non-hydrogen) atoms. The van der Waals surface area contributed by atoms with Crippen LogP contribution in [-0.2, 0) is 12.8 Å². The van der Waals surface area contributed by atoms with Gasteiger partial charge in [-0.25, -0.2) is 4.39 Å². The standard InChI is InChI=1S/C18H15FO2/c19-15-7-3-6-13-10-16(21-18(13)15)17(20)14-8-11-4-1-2-5-12(11)9-14/h1-7,10,14,17,20H,8-9H2. The zero-order valence-corrected chi connectivity index (χ0v) is 11.4. The Morgan fingerprint density at radius 3 is 2.43 bits per heavy atom. The zero-order valence-electron chi connectivity index (χ0n) is 11.4. The van der Waals surface area contributed by atoms with E-state index in [4.69, 9.17) is 4.42 Å². The van der Waals surface area contributed by atoms with Gasteiger partial charge >= 0.3 is 0 Å². The first-order valence-electron chi connectivity index (χ1n) is 7.15. The van der Waals surface area contributed by atoms with Crippen LogP contribution >= 0.6 is 0 Å². The predicted molar refractivity (Wildman–Crippen MR) is 78.5 cm³/mol. The van der Waals surface area contributed by atoms with Gasteiger partial charge in [0.15, 0.2) is 11.4 Å². The molecule has 0 bridgehead atoms. The lowest BCUT2D eigenvalue weighted by atomic mass is 9.97. The number of benzene rings is 2. The molecule has 1 aromatic heterocycles. The van der Waals surface area contributed by atoms with Gasteiger partial charge in [0.05, 0.1) is 0 Å². The third-order valence-electron chi connectivity index (χ3n) is 4.34. The van der Waals surface area contributed by atoms with Gasteiger partial charge in [0.25, 0.3) is 0 Å². The second-order valence-electron chi connectivity index (χ2n) is 5.69. The third-order valence-corrected chi connectivity index (χ3v) is 4.34. The fourth-order valence-electron chi connectivity index (χ4n) is 3.24. The van der Waals surface area contributed by atoms with E-state index in [1.807, 2.05) is 12.1 Å². The van der Waals surface area contributed by atoms with Crippen molar-refractivity contribution >= 4 is 11.0 Å². The molecule has 0 aliphatic heterocycles. The van der Waals surface area contributed by atoms with Crippen molar-refractivity contribution < 1.29 is 13.9 Å². The number of rotatable bonds is 2. The van der Waals surface area contributed by atoms with Crippen molar-refractivity contribution in [2.45, 2.75) is 18.9 Å². The normalized spacial score (nSPS) is 16.3. The second kappa shape index (κ2) is 4.71. The van der Waals surface area contributed by atoms with E-state index in [9.17, 15) is 9.50 Å². The van der Waals surface area contributed by atoms with Crippen molar-refractivity contribution in [1.82, 2.24) is 0 Å². The lowest BCUT2D eigenvalue weighted by Crippen LogP contribution is -2.12. The molecule has 0 saturated heterocycles. The van der Waals surface area contributed by atoms with Gasteiger partial charge in [-0.3, -0.25) is 0 Å². The molecular weight excluding hydrogens is 267 g/mol. The van der Waals surface area contributed by atoms with Gasteiger partial charge in [-0.2, -0.15) is 0 Å². The predicted octanol–water partition coefficient (Wildman–Crippen LogP) is 4.02. The molecule has 2 aromatic carbocycles. The molecule has 3 aromatic rings. The number of hydrogen-bond donors (Lipinski definition) is 1. The highest BCUT2D eigenvalue weighted by Crippen LogP contribution is 2.37. The highest BCUT2D eigenvalue weighted by Gasteiger charge is 2.30. The van der Waals surface area contributed by atoms with E-state index in [-0.39, 0.29) is 17.3 Å². The number of para-hydroxylation sites is 1. The lowest BCUT2D eigenvalue weighted by molar-refractivity contribution is 0.0919. The van der Waals surface area contributed by atoms with Gasteiger partial charge in [0.1, 0.15) is 11.9 Å². The number of fused-ring (bicyclic) bond motifs is 2. The van der Waals surface area contributed by atoms with Crippen LogP contribution in [0.4, 0.5) is 4.39 Å². The summed E-state index contributed by atoms with van der Waals surface area (Å²) in [6.45, 7) is 0. The van der Waals surface area contributed by atoms with Crippen molar-refractivity contribution in [3.8, 4) is 0 Å². The number of hydrogen-bond acceptors (Lipinski definition) is 2. The van der Waals surface area contributed by atoms with Crippen LogP contribution in [0.15, 0.2) is 52.9 Å².